The number of rotatable bonds is 4. The van der Waals surface area contributed by atoms with Gasteiger partial charge in [0, 0.05) is 25.3 Å². The molecule has 19 heavy (non-hydrogen) atoms. The highest BCUT2D eigenvalue weighted by Gasteiger charge is 2.21. The van der Waals surface area contributed by atoms with E-state index < -0.39 is 0 Å². The molecule has 1 aromatic rings. The Morgan fingerprint density at radius 2 is 2.26 bits per heavy atom. The van der Waals surface area contributed by atoms with Gasteiger partial charge in [0.1, 0.15) is 0 Å². The van der Waals surface area contributed by atoms with Crippen LogP contribution in [0.2, 0.25) is 0 Å². The van der Waals surface area contributed by atoms with Gasteiger partial charge in [0.15, 0.2) is 0 Å². The van der Waals surface area contributed by atoms with Crippen molar-refractivity contribution in [3.05, 3.63) is 24.0 Å². The average Bonchev–Trinajstić information content (AvgIpc) is 2.42. The lowest BCUT2D eigenvalue weighted by Crippen LogP contribution is -2.44. The molecule has 3 N–H and O–H groups in total. The lowest BCUT2D eigenvalue weighted by Gasteiger charge is -2.32. The number of amides is 1. The normalized spacial score (nSPS) is 17.3. The Bertz CT molecular complexity index is 427. The molecule has 0 bridgehead atoms. The maximum atomic E-state index is 12.1. The van der Waals surface area contributed by atoms with E-state index in [1.807, 2.05) is 0 Å². The van der Waals surface area contributed by atoms with Crippen LogP contribution in [0.4, 0.5) is 5.69 Å². The van der Waals surface area contributed by atoms with Crippen molar-refractivity contribution in [2.75, 3.05) is 25.4 Å². The van der Waals surface area contributed by atoms with Crippen molar-refractivity contribution < 1.29 is 4.79 Å². The van der Waals surface area contributed by atoms with Gasteiger partial charge in [-0.05, 0) is 31.9 Å². The Balaban J connectivity index is 1.86. The summed E-state index contributed by atoms with van der Waals surface area (Å²) in [4.78, 5) is 18.4. The molecule has 0 spiro atoms. The zero-order valence-corrected chi connectivity index (χ0v) is 11.4. The van der Waals surface area contributed by atoms with E-state index in [9.17, 15) is 4.79 Å². The number of hydrogen-bond donors (Lipinski definition) is 2. The highest BCUT2D eigenvalue weighted by atomic mass is 16.1. The van der Waals surface area contributed by atoms with Crippen LogP contribution in [0.3, 0.4) is 0 Å². The van der Waals surface area contributed by atoms with E-state index in [1.54, 1.807) is 12.3 Å². The minimum absolute atomic E-state index is 0.0890. The third-order valence-corrected chi connectivity index (χ3v) is 3.56. The van der Waals surface area contributed by atoms with Gasteiger partial charge in [0.2, 0.25) is 0 Å². The van der Waals surface area contributed by atoms with Crippen molar-refractivity contribution in [2.24, 2.45) is 0 Å². The number of hydrogen-bond acceptors (Lipinski definition) is 4. The Kier molecular flexibility index (Phi) is 4.74. The van der Waals surface area contributed by atoms with Gasteiger partial charge in [-0.25, -0.2) is 0 Å². The number of carbonyl (C=O) groups is 1. The number of anilines is 1. The second-order valence-corrected chi connectivity index (χ2v) is 5.05. The van der Waals surface area contributed by atoms with E-state index in [4.69, 9.17) is 5.73 Å². The molecule has 5 nitrogen and oxygen atoms in total. The molecular weight excluding hydrogens is 240 g/mol. The first-order chi connectivity index (χ1) is 9.20. The fourth-order valence-corrected chi connectivity index (χ4v) is 2.49. The molecule has 1 aromatic heterocycles. The quantitative estimate of drug-likeness (QED) is 0.857. The predicted octanol–water partition coefficient (Wildman–Crippen LogP) is 1.27. The molecule has 104 valence electrons. The summed E-state index contributed by atoms with van der Waals surface area (Å²) in [5.41, 5.74) is 6.71. The first kappa shape index (κ1) is 13.8. The standard InChI is InChI=1S/C14H22N4O/c1-2-7-18-8-4-11(5-9-18)17-14(19)12-3-6-16-10-13(12)15/h3,6,10-11H,2,4-5,7-9,15H2,1H3,(H,17,19). The molecule has 1 aliphatic heterocycles. The average molecular weight is 262 g/mol. The maximum Gasteiger partial charge on any atom is 0.253 e. The van der Waals surface area contributed by atoms with Gasteiger partial charge in [0.25, 0.3) is 5.91 Å². The number of pyridine rings is 1. The molecule has 0 aliphatic carbocycles. The summed E-state index contributed by atoms with van der Waals surface area (Å²) in [6, 6.07) is 1.92. The topological polar surface area (TPSA) is 71.2 Å². The summed E-state index contributed by atoms with van der Waals surface area (Å²) >= 11 is 0. The van der Waals surface area contributed by atoms with Crippen LogP contribution in [-0.2, 0) is 0 Å². The van der Waals surface area contributed by atoms with Crippen molar-refractivity contribution >= 4 is 11.6 Å². The summed E-state index contributed by atoms with van der Waals surface area (Å²) in [5.74, 6) is -0.0890. The van der Waals surface area contributed by atoms with Crippen LogP contribution in [0.25, 0.3) is 0 Å². The number of nitrogen functional groups attached to an aromatic ring is 1. The fraction of sp³-hybridized carbons (Fsp3) is 0.571. The summed E-state index contributed by atoms with van der Waals surface area (Å²) in [6.07, 6.45) is 6.31. The summed E-state index contributed by atoms with van der Waals surface area (Å²) < 4.78 is 0. The number of carbonyl (C=O) groups excluding carboxylic acids is 1. The molecule has 1 amide bonds. The number of nitrogens with one attached hydrogen (secondary N) is 1. The third kappa shape index (κ3) is 3.67. The highest BCUT2D eigenvalue weighted by Crippen LogP contribution is 2.13. The lowest BCUT2D eigenvalue weighted by molar-refractivity contribution is 0.0912. The van der Waals surface area contributed by atoms with E-state index in [-0.39, 0.29) is 11.9 Å². The Morgan fingerprint density at radius 1 is 1.53 bits per heavy atom. The Labute approximate surface area is 114 Å². The summed E-state index contributed by atoms with van der Waals surface area (Å²) in [7, 11) is 0. The predicted molar refractivity (Wildman–Crippen MR) is 75.9 cm³/mol. The molecular formula is C14H22N4O. The van der Waals surface area contributed by atoms with Crippen molar-refractivity contribution in [2.45, 2.75) is 32.2 Å². The minimum Gasteiger partial charge on any atom is -0.397 e. The van der Waals surface area contributed by atoms with Gasteiger partial charge in [-0.1, -0.05) is 6.92 Å². The van der Waals surface area contributed by atoms with Crippen LogP contribution in [0.1, 0.15) is 36.5 Å². The fourth-order valence-electron chi connectivity index (χ4n) is 2.49. The van der Waals surface area contributed by atoms with Gasteiger partial charge in [0.05, 0.1) is 17.4 Å². The smallest absolute Gasteiger partial charge is 0.253 e. The van der Waals surface area contributed by atoms with Crippen molar-refractivity contribution in [3.63, 3.8) is 0 Å². The first-order valence-corrected chi connectivity index (χ1v) is 6.93. The highest BCUT2D eigenvalue weighted by molar-refractivity contribution is 5.98. The molecule has 2 rings (SSSR count). The van der Waals surface area contributed by atoms with Crippen molar-refractivity contribution in [1.82, 2.24) is 15.2 Å². The first-order valence-electron chi connectivity index (χ1n) is 6.93. The molecule has 1 fully saturated rings. The second kappa shape index (κ2) is 6.52. The molecule has 5 heteroatoms. The van der Waals surface area contributed by atoms with Gasteiger partial charge < -0.3 is 16.0 Å². The summed E-state index contributed by atoms with van der Waals surface area (Å²) in [5, 5.41) is 3.07. The van der Waals surface area contributed by atoms with Crippen LogP contribution >= 0.6 is 0 Å². The van der Waals surface area contributed by atoms with Crippen LogP contribution in [0.15, 0.2) is 18.5 Å². The zero-order chi connectivity index (χ0) is 13.7. The van der Waals surface area contributed by atoms with E-state index in [2.05, 4.69) is 22.1 Å². The molecule has 1 saturated heterocycles. The van der Waals surface area contributed by atoms with Crippen LogP contribution < -0.4 is 11.1 Å². The SMILES string of the molecule is CCCN1CCC(NC(=O)c2ccncc2N)CC1. The van der Waals surface area contributed by atoms with E-state index in [0.29, 0.717) is 11.3 Å². The monoisotopic (exact) mass is 262 g/mol. The Hall–Kier alpha value is -1.62. The minimum atomic E-state index is -0.0890. The number of likely N-dealkylation sites (tertiary alicyclic amines) is 1. The van der Waals surface area contributed by atoms with Gasteiger partial charge in [-0.2, -0.15) is 0 Å². The Morgan fingerprint density at radius 3 is 2.89 bits per heavy atom. The largest absolute Gasteiger partial charge is 0.397 e. The van der Waals surface area contributed by atoms with Crippen LogP contribution in [0.5, 0.6) is 0 Å². The lowest BCUT2D eigenvalue weighted by atomic mass is 10.0. The second-order valence-electron chi connectivity index (χ2n) is 5.05. The van der Waals surface area contributed by atoms with Crippen molar-refractivity contribution in [3.8, 4) is 0 Å². The number of nitrogens with two attached hydrogens (primary N) is 1. The molecule has 0 atom stereocenters. The molecule has 0 unspecified atom stereocenters. The van der Waals surface area contributed by atoms with E-state index >= 15 is 0 Å². The summed E-state index contributed by atoms with van der Waals surface area (Å²) in [6.45, 7) is 5.47. The molecule has 1 aliphatic rings. The van der Waals surface area contributed by atoms with Crippen LogP contribution in [-0.4, -0.2) is 41.5 Å². The molecule has 0 radical (unpaired) electrons. The number of nitrogens with zero attached hydrogens (tertiary/aromatic N) is 2. The third-order valence-electron chi connectivity index (χ3n) is 3.56. The van der Waals surface area contributed by atoms with E-state index in [0.717, 1.165) is 32.5 Å². The van der Waals surface area contributed by atoms with Crippen LogP contribution in [0, 0.1) is 0 Å². The van der Waals surface area contributed by atoms with Crippen molar-refractivity contribution in [1.29, 1.82) is 0 Å². The van der Waals surface area contributed by atoms with E-state index in [1.165, 1.54) is 12.6 Å². The zero-order valence-electron chi connectivity index (χ0n) is 11.4. The molecule has 0 aromatic carbocycles. The maximum absolute atomic E-state index is 12.1. The number of aromatic nitrogens is 1. The van der Waals surface area contributed by atoms with Gasteiger partial charge in [-0.3, -0.25) is 9.78 Å². The molecule has 2 heterocycles. The molecule has 0 saturated carbocycles. The number of piperidine rings is 1. The van der Waals surface area contributed by atoms with Gasteiger partial charge in [-0.15, -0.1) is 0 Å². The van der Waals surface area contributed by atoms with Gasteiger partial charge >= 0.3 is 0 Å².